The van der Waals surface area contributed by atoms with Crippen LogP contribution in [0.25, 0.3) is 0 Å². The number of benzene rings is 1. The minimum absolute atomic E-state index is 0.0823. The van der Waals surface area contributed by atoms with E-state index in [9.17, 15) is 4.79 Å². The predicted molar refractivity (Wildman–Crippen MR) is 68.1 cm³/mol. The van der Waals surface area contributed by atoms with Crippen molar-refractivity contribution in [1.29, 1.82) is 0 Å². The second-order valence-electron chi connectivity index (χ2n) is 4.17. The molecular weight excluding hydrogens is 214 g/mol. The fraction of sp³-hybridized carbons (Fsp3) is 0.357. The standard InChI is InChI=1S/C14H17NO2/c1-17-13-10-6-5-9-12(13)15-14(16)11-7-3-2-4-8-11/h2-3,5-6,9-11H,4,7-8H2,1H3,(H,15,16)/t11-/m1/s1. The number of para-hydroxylation sites is 2. The molecule has 90 valence electrons. The summed E-state index contributed by atoms with van der Waals surface area (Å²) in [5.74, 6) is 0.871. The summed E-state index contributed by atoms with van der Waals surface area (Å²) in [6.45, 7) is 0. The van der Waals surface area contributed by atoms with Crippen molar-refractivity contribution in [1.82, 2.24) is 0 Å². The number of hydrogen-bond acceptors (Lipinski definition) is 2. The van der Waals surface area contributed by atoms with Crippen LogP contribution < -0.4 is 10.1 Å². The average Bonchev–Trinajstić information content (AvgIpc) is 2.40. The van der Waals surface area contributed by atoms with Crippen molar-refractivity contribution in [3.8, 4) is 5.75 Å². The SMILES string of the molecule is COc1ccccc1NC(=O)[C@@H]1CC=CCC1. The van der Waals surface area contributed by atoms with Crippen LogP contribution in [0.15, 0.2) is 36.4 Å². The molecule has 17 heavy (non-hydrogen) atoms. The Kier molecular flexibility index (Phi) is 3.81. The molecule has 3 nitrogen and oxygen atoms in total. The van der Waals surface area contributed by atoms with Crippen LogP contribution >= 0.6 is 0 Å². The Hall–Kier alpha value is -1.77. The number of anilines is 1. The van der Waals surface area contributed by atoms with E-state index in [2.05, 4.69) is 17.5 Å². The lowest BCUT2D eigenvalue weighted by atomic mass is 9.93. The van der Waals surface area contributed by atoms with Gasteiger partial charge in [0.15, 0.2) is 0 Å². The number of rotatable bonds is 3. The smallest absolute Gasteiger partial charge is 0.227 e. The number of ether oxygens (including phenoxy) is 1. The topological polar surface area (TPSA) is 38.3 Å². The fourth-order valence-corrected chi connectivity index (χ4v) is 2.01. The van der Waals surface area contributed by atoms with E-state index in [4.69, 9.17) is 4.74 Å². The molecule has 1 aromatic carbocycles. The van der Waals surface area contributed by atoms with E-state index in [1.165, 1.54) is 0 Å². The Bertz CT molecular complexity index is 426. The molecule has 0 saturated heterocycles. The van der Waals surface area contributed by atoms with Crippen LogP contribution in [-0.4, -0.2) is 13.0 Å². The zero-order valence-corrected chi connectivity index (χ0v) is 9.98. The first-order chi connectivity index (χ1) is 8.31. The molecule has 1 aromatic rings. The average molecular weight is 231 g/mol. The molecule has 1 aliphatic rings. The summed E-state index contributed by atoms with van der Waals surface area (Å²) in [7, 11) is 1.61. The van der Waals surface area contributed by atoms with Crippen molar-refractivity contribution in [2.75, 3.05) is 12.4 Å². The number of amides is 1. The van der Waals surface area contributed by atoms with Crippen LogP contribution in [0.5, 0.6) is 5.75 Å². The third-order valence-electron chi connectivity index (χ3n) is 3.00. The third-order valence-corrected chi connectivity index (χ3v) is 3.00. The molecule has 3 heteroatoms. The third kappa shape index (κ3) is 2.87. The largest absolute Gasteiger partial charge is 0.495 e. The van der Waals surface area contributed by atoms with Crippen LogP contribution in [0.4, 0.5) is 5.69 Å². The maximum atomic E-state index is 12.0. The highest BCUT2D eigenvalue weighted by Crippen LogP contribution is 2.25. The number of allylic oxidation sites excluding steroid dienone is 2. The van der Waals surface area contributed by atoms with Crippen molar-refractivity contribution in [3.05, 3.63) is 36.4 Å². The monoisotopic (exact) mass is 231 g/mol. The molecule has 0 unspecified atom stereocenters. The lowest BCUT2D eigenvalue weighted by Crippen LogP contribution is -2.23. The van der Waals surface area contributed by atoms with Crippen LogP contribution in [0.2, 0.25) is 0 Å². The first kappa shape index (κ1) is 11.7. The van der Waals surface area contributed by atoms with Gasteiger partial charge in [0.05, 0.1) is 12.8 Å². The number of nitrogens with one attached hydrogen (secondary N) is 1. The number of carbonyl (C=O) groups is 1. The van der Waals surface area contributed by atoms with Gasteiger partial charge in [-0.3, -0.25) is 4.79 Å². The Morgan fingerprint density at radius 3 is 2.88 bits per heavy atom. The summed E-state index contributed by atoms with van der Waals surface area (Å²) in [4.78, 5) is 12.0. The molecule has 1 aliphatic carbocycles. The normalized spacial score (nSPS) is 18.8. The molecular formula is C14H17NO2. The molecule has 0 bridgehead atoms. The number of carbonyl (C=O) groups excluding carboxylic acids is 1. The molecule has 0 heterocycles. The Balaban J connectivity index is 2.04. The van der Waals surface area contributed by atoms with E-state index in [0.717, 1.165) is 24.9 Å². The van der Waals surface area contributed by atoms with Crippen LogP contribution in [-0.2, 0) is 4.79 Å². The molecule has 0 aromatic heterocycles. The van der Waals surface area contributed by atoms with E-state index in [-0.39, 0.29) is 11.8 Å². The van der Waals surface area contributed by atoms with E-state index >= 15 is 0 Å². The molecule has 0 fully saturated rings. The molecule has 0 aliphatic heterocycles. The quantitative estimate of drug-likeness (QED) is 0.812. The van der Waals surface area contributed by atoms with Crippen molar-refractivity contribution < 1.29 is 9.53 Å². The second-order valence-corrected chi connectivity index (χ2v) is 4.17. The summed E-state index contributed by atoms with van der Waals surface area (Å²) >= 11 is 0. The zero-order valence-electron chi connectivity index (χ0n) is 9.98. The summed E-state index contributed by atoms with van der Waals surface area (Å²) in [6.07, 6.45) is 6.96. The van der Waals surface area contributed by atoms with Crippen LogP contribution in [0, 0.1) is 5.92 Å². The van der Waals surface area contributed by atoms with Gasteiger partial charge in [0, 0.05) is 5.92 Å². The predicted octanol–water partition coefficient (Wildman–Crippen LogP) is 2.99. The lowest BCUT2D eigenvalue weighted by molar-refractivity contribution is -0.120. The molecule has 0 spiro atoms. The van der Waals surface area contributed by atoms with Gasteiger partial charge in [0.2, 0.25) is 5.91 Å². The molecule has 2 rings (SSSR count). The van der Waals surface area contributed by atoms with E-state index in [1.54, 1.807) is 7.11 Å². The minimum Gasteiger partial charge on any atom is -0.495 e. The van der Waals surface area contributed by atoms with Crippen molar-refractivity contribution in [2.45, 2.75) is 19.3 Å². The first-order valence-corrected chi connectivity index (χ1v) is 5.90. The summed E-state index contributed by atoms with van der Waals surface area (Å²) in [5, 5.41) is 2.93. The summed E-state index contributed by atoms with van der Waals surface area (Å²) < 4.78 is 5.20. The molecule has 1 amide bonds. The first-order valence-electron chi connectivity index (χ1n) is 5.90. The van der Waals surface area contributed by atoms with Gasteiger partial charge in [0.1, 0.15) is 5.75 Å². The molecule has 0 saturated carbocycles. The summed E-state index contributed by atoms with van der Waals surface area (Å²) in [5.41, 5.74) is 0.745. The van der Waals surface area contributed by atoms with Gasteiger partial charge in [-0.15, -0.1) is 0 Å². The van der Waals surface area contributed by atoms with Gasteiger partial charge in [-0.2, -0.15) is 0 Å². The Morgan fingerprint density at radius 1 is 1.35 bits per heavy atom. The van der Waals surface area contributed by atoms with Crippen molar-refractivity contribution >= 4 is 11.6 Å². The van der Waals surface area contributed by atoms with Gasteiger partial charge in [-0.1, -0.05) is 24.3 Å². The van der Waals surface area contributed by atoms with Crippen molar-refractivity contribution in [2.24, 2.45) is 5.92 Å². The van der Waals surface area contributed by atoms with E-state index in [1.807, 2.05) is 24.3 Å². The molecule has 1 atom stereocenters. The maximum absolute atomic E-state index is 12.0. The highest BCUT2D eigenvalue weighted by molar-refractivity contribution is 5.94. The lowest BCUT2D eigenvalue weighted by Gasteiger charge is -2.18. The van der Waals surface area contributed by atoms with Crippen LogP contribution in [0.1, 0.15) is 19.3 Å². The zero-order chi connectivity index (χ0) is 12.1. The van der Waals surface area contributed by atoms with Gasteiger partial charge in [-0.05, 0) is 31.4 Å². The second kappa shape index (κ2) is 5.53. The van der Waals surface area contributed by atoms with Crippen LogP contribution in [0.3, 0.4) is 0 Å². The van der Waals surface area contributed by atoms with Gasteiger partial charge < -0.3 is 10.1 Å². The number of methoxy groups -OCH3 is 1. The highest BCUT2D eigenvalue weighted by atomic mass is 16.5. The Labute approximate surface area is 101 Å². The maximum Gasteiger partial charge on any atom is 0.227 e. The van der Waals surface area contributed by atoms with Gasteiger partial charge in [0.25, 0.3) is 0 Å². The van der Waals surface area contributed by atoms with Crippen molar-refractivity contribution in [3.63, 3.8) is 0 Å². The molecule has 0 radical (unpaired) electrons. The van der Waals surface area contributed by atoms with Gasteiger partial charge >= 0.3 is 0 Å². The van der Waals surface area contributed by atoms with E-state index in [0.29, 0.717) is 5.75 Å². The summed E-state index contributed by atoms with van der Waals surface area (Å²) in [6, 6.07) is 7.47. The highest BCUT2D eigenvalue weighted by Gasteiger charge is 2.19. The van der Waals surface area contributed by atoms with E-state index < -0.39 is 0 Å². The minimum atomic E-state index is 0.0823. The van der Waals surface area contributed by atoms with Gasteiger partial charge in [-0.25, -0.2) is 0 Å². The Morgan fingerprint density at radius 2 is 2.18 bits per heavy atom. The number of hydrogen-bond donors (Lipinski definition) is 1. The fourth-order valence-electron chi connectivity index (χ4n) is 2.01. The molecule has 1 N–H and O–H groups in total.